The highest BCUT2D eigenvalue weighted by molar-refractivity contribution is 9.09. The minimum Gasteiger partial charge on any atom is -0.493 e. The van der Waals surface area contributed by atoms with Crippen LogP contribution in [0, 0.1) is 5.41 Å². The first-order valence-corrected chi connectivity index (χ1v) is 8.65. The van der Waals surface area contributed by atoms with Gasteiger partial charge in [-0.15, -0.1) is 0 Å². The summed E-state index contributed by atoms with van der Waals surface area (Å²) in [6, 6.07) is 7.84. The quantitative estimate of drug-likeness (QED) is 0.526. The first kappa shape index (κ1) is 17.4. The summed E-state index contributed by atoms with van der Waals surface area (Å²) in [7, 11) is 1.68. The van der Waals surface area contributed by atoms with E-state index in [0.29, 0.717) is 5.41 Å². The second-order valence-electron chi connectivity index (χ2n) is 5.34. The molecule has 0 aliphatic rings. The van der Waals surface area contributed by atoms with Crippen molar-refractivity contribution in [3.8, 4) is 11.5 Å². The number of hydrogen-bond donors (Lipinski definition) is 0. The van der Waals surface area contributed by atoms with Crippen LogP contribution in [0.1, 0.15) is 46.0 Å². The Morgan fingerprint density at radius 1 is 1.10 bits per heavy atom. The molecule has 0 fully saturated rings. The summed E-state index contributed by atoms with van der Waals surface area (Å²) < 4.78 is 11.2. The van der Waals surface area contributed by atoms with Gasteiger partial charge in [0.15, 0.2) is 11.5 Å². The fraction of sp³-hybridized carbons (Fsp3) is 0.647. The van der Waals surface area contributed by atoms with Gasteiger partial charge in [-0.05, 0) is 36.8 Å². The Kier molecular flexibility index (Phi) is 8.05. The highest BCUT2D eigenvalue weighted by Crippen LogP contribution is 2.35. The van der Waals surface area contributed by atoms with Crippen molar-refractivity contribution in [2.45, 2.75) is 46.0 Å². The monoisotopic (exact) mass is 342 g/mol. The number of halogens is 1. The van der Waals surface area contributed by atoms with E-state index < -0.39 is 0 Å². The molecule has 0 heterocycles. The second-order valence-corrected chi connectivity index (χ2v) is 5.90. The predicted octanol–water partition coefficient (Wildman–Crippen LogP) is 5.45. The molecule has 1 aromatic rings. The van der Waals surface area contributed by atoms with Gasteiger partial charge in [0.1, 0.15) is 0 Å². The van der Waals surface area contributed by atoms with E-state index in [-0.39, 0.29) is 0 Å². The molecule has 0 aliphatic carbocycles. The van der Waals surface area contributed by atoms with E-state index in [2.05, 4.69) is 29.8 Å². The van der Waals surface area contributed by atoms with Crippen LogP contribution in [0.3, 0.4) is 0 Å². The largest absolute Gasteiger partial charge is 0.493 e. The zero-order valence-electron chi connectivity index (χ0n) is 13.0. The number of rotatable bonds is 10. The molecule has 0 spiro atoms. The van der Waals surface area contributed by atoms with Crippen LogP contribution < -0.4 is 9.47 Å². The molecule has 0 N–H and O–H groups in total. The summed E-state index contributed by atoms with van der Waals surface area (Å²) in [6.07, 6.45) is 6.07. The molecule has 0 saturated carbocycles. The lowest BCUT2D eigenvalue weighted by Gasteiger charge is -2.31. The predicted molar refractivity (Wildman–Crippen MR) is 89.1 cm³/mol. The Morgan fingerprint density at radius 2 is 1.80 bits per heavy atom. The first-order chi connectivity index (χ1) is 9.71. The maximum Gasteiger partial charge on any atom is 0.161 e. The molecule has 2 nitrogen and oxygen atoms in total. The minimum atomic E-state index is 0.359. The SMILES string of the molecule is CCCCC(CC)(CBr)CCOc1ccccc1OC. The van der Waals surface area contributed by atoms with E-state index in [1.54, 1.807) is 7.11 Å². The summed E-state index contributed by atoms with van der Waals surface area (Å²) >= 11 is 3.70. The Hall–Kier alpha value is -0.700. The van der Waals surface area contributed by atoms with Crippen LogP contribution in [0.2, 0.25) is 0 Å². The third-order valence-corrected chi connectivity index (χ3v) is 5.24. The lowest BCUT2D eigenvalue weighted by Crippen LogP contribution is -2.24. The minimum absolute atomic E-state index is 0.359. The molecular formula is C17H27BrO2. The Labute approximate surface area is 132 Å². The van der Waals surface area contributed by atoms with Crippen molar-refractivity contribution in [1.82, 2.24) is 0 Å². The van der Waals surface area contributed by atoms with Crippen LogP contribution in [0.4, 0.5) is 0 Å². The van der Waals surface area contributed by atoms with Gasteiger partial charge in [-0.1, -0.05) is 54.8 Å². The van der Waals surface area contributed by atoms with Gasteiger partial charge in [0.25, 0.3) is 0 Å². The number of hydrogen-bond acceptors (Lipinski definition) is 2. The normalized spacial score (nSPS) is 13.8. The average Bonchev–Trinajstić information content (AvgIpc) is 2.51. The highest BCUT2D eigenvalue weighted by atomic mass is 79.9. The van der Waals surface area contributed by atoms with Gasteiger partial charge in [-0.2, -0.15) is 0 Å². The zero-order valence-corrected chi connectivity index (χ0v) is 14.5. The Morgan fingerprint density at radius 3 is 2.35 bits per heavy atom. The fourth-order valence-electron chi connectivity index (χ4n) is 2.37. The average molecular weight is 343 g/mol. The number of alkyl halides is 1. The van der Waals surface area contributed by atoms with Gasteiger partial charge in [-0.25, -0.2) is 0 Å². The summed E-state index contributed by atoms with van der Waals surface area (Å²) in [6.45, 7) is 5.27. The van der Waals surface area contributed by atoms with Gasteiger partial charge in [0.2, 0.25) is 0 Å². The number of unbranched alkanes of at least 4 members (excludes halogenated alkanes) is 1. The summed E-state index contributed by atoms with van der Waals surface area (Å²) in [5.74, 6) is 1.65. The number of methoxy groups -OCH3 is 1. The van der Waals surface area contributed by atoms with Crippen LogP contribution in [-0.2, 0) is 0 Å². The van der Waals surface area contributed by atoms with Gasteiger partial charge in [0.05, 0.1) is 13.7 Å². The molecule has 0 bridgehead atoms. The molecular weight excluding hydrogens is 316 g/mol. The van der Waals surface area contributed by atoms with Crippen molar-refractivity contribution >= 4 is 15.9 Å². The molecule has 0 aliphatic heterocycles. The van der Waals surface area contributed by atoms with Crippen molar-refractivity contribution in [1.29, 1.82) is 0 Å². The molecule has 0 radical (unpaired) electrons. The number of ether oxygens (including phenoxy) is 2. The van der Waals surface area contributed by atoms with E-state index in [9.17, 15) is 0 Å². The molecule has 1 atom stereocenters. The first-order valence-electron chi connectivity index (χ1n) is 7.53. The molecule has 114 valence electrons. The van der Waals surface area contributed by atoms with E-state index in [1.165, 1.54) is 25.7 Å². The van der Waals surface area contributed by atoms with Crippen molar-refractivity contribution in [3.63, 3.8) is 0 Å². The fourth-order valence-corrected chi connectivity index (χ4v) is 3.33. The van der Waals surface area contributed by atoms with Crippen LogP contribution in [0.25, 0.3) is 0 Å². The third kappa shape index (κ3) is 5.01. The molecule has 0 amide bonds. The molecule has 0 aromatic heterocycles. The van der Waals surface area contributed by atoms with Crippen molar-refractivity contribution in [2.24, 2.45) is 5.41 Å². The van der Waals surface area contributed by atoms with E-state index in [0.717, 1.165) is 29.9 Å². The molecule has 1 aromatic carbocycles. The third-order valence-electron chi connectivity index (χ3n) is 4.05. The lowest BCUT2D eigenvalue weighted by molar-refractivity contribution is 0.191. The van der Waals surface area contributed by atoms with E-state index in [4.69, 9.17) is 9.47 Å². The Bertz CT molecular complexity index is 375. The van der Waals surface area contributed by atoms with Crippen molar-refractivity contribution in [3.05, 3.63) is 24.3 Å². The smallest absolute Gasteiger partial charge is 0.161 e. The van der Waals surface area contributed by atoms with Crippen LogP contribution in [-0.4, -0.2) is 19.0 Å². The second kappa shape index (κ2) is 9.28. The van der Waals surface area contributed by atoms with Gasteiger partial charge in [0, 0.05) is 5.33 Å². The van der Waals surface area contributed by atoms with Gasteiger partial charge < -0.3 is 9.47 Å². The summed E-state index contributed by atoms with van der Waals surface area (Å²) in [5, 5.41) is 1.05. The zero-order chi connectivity index (χ0) is 14.8. The maximum atomic E-state index is 5.92. The number of para-hydroxylation sites is 2. The highest BCUT2D eigenvalue weighted by Gasteiger charge is 2.26. The lowest BCUT2D eigenvalue weighted by atomic mass is 9.79. The van der Waals surface area contributed by atoms with Crippen molar-refractivity contribution in [2.75, 3.05) is 19.0 Å². The van der Waals surface area contributed by atoms with Crippen LogP contribution in [0.5, 0.6) is 11.5 Å². The van der Waals surface area contributed by atoms with Gasteiger partial charge in [-0.3, -0.25) is 0 Å². The maximum absolute atomic E-state index is 5.92. The van der Waals surface area contributed by atoms with E-state index in [1.807, 2.05) is 24.3 Å². The molecule has 1 rings (SSSR count). The number of benzene rings is 1. The molecule has 20 heavy (non-hydrogen) atoms. The van der Waals surface area contributed by atoms with Gasteiger partial charge >= 0.3 is 0 Å². The molecule has 1 unspecified atom stereocenters. The summed E-state index contributed by atoms with van der Waals surface area (Å²) in [5.41, 5.74) is 0.359. The van der Waals surface area contributed by atoms with E-state index >= 15 is 0 Å². The Balaban J connectivity index is 2.55. The summed E-state index contributed by atoms with van der Waals surface area (Å²) in [4.78, 5) is 0. The standard InChI is InChI=1S/C17H27BrO2/c1-4-6-11-17(5-2,14-18)12-13-20-16-10-8-7-9-15(16)19-3/h7-10H,4-6,11-14H2,1-3H3. The van der Waals surface area contributed by atoms with Crippen LogP contribution in [0.15, 0.2) is 24.3 Å². The van der Waals surface area contributed by atoms with Crippen LogP contribution >= 0.6 is 15.9 Å². The topological polar surface area (TPSA) is 18.5 Å². The molecule has 0 saturated heterocycles. The van der Waals surface area contributed by atoms with Crippen molar-refractivity contribution < 1.29 is 9.47 Å². The molecule has 3 heteroatoms.